The third kappa shape index (κ3) is 3.26. The maximum atomic E-state index is 10.1. The molecule has 1 aliphatic heterocycles. The molecule has 1 N–H and O–H groups in total. The molecule has 0 aromatic heterocycles. The van der Waals surface area contributed by atoms with Gasteiger partial charge in [-0.05, 0) is 74.2 Å². The zero-order chi connectivity index (χ0) is 17.4. The van der Waals surface area contributed by atoms with Crippen molar-refractivity contribution in [1.82, 2.24) is 4.90 Å². The van der Waals surface area contributed by atoms with Gasteiger partial charge in [-0.2, -0.15) is 0 Å². The highest BCUT2D eigenvalue weighted by molar-refractivity contribution is 8.93. The first-order valence-corrected chi connectivity index (χ1v) is 10.4. The van der Waals surface area contributed by atoms with E-state index in [9.17, 15) is 5.11 Å². The van der Waals surface area contributed by atoms with Gasteiger partial charge in [0.05, 0.1) is 0 Å². The molecule has 2 bridgehead atoms. The van der Waals surface area contributed by atoms with Crippen LogP contribution in [0.15, 0.2) is 29.8 Å². The van der Waals surface area contributed by atoms with Gasteiger partial charge in [-0.1, -0.05) is 44.4 Å². The number of phenolic OH excluding ortho intramolecular Hbond substituents is 1. The second-order valence-corrected chi connectivity index (χ2v) is 8.44. The summed E-state index contributed by atoms with van der Waals surface area (Å²) in [6.07, 6.45) is 12.7. The van der Waals surface area contributed by atoms with Gasteiger partial charge < -0.3 is 5.11 Å². The lowest BCUT2D eigenvalue weighted by atomic mass is 9.52. The number of fused-ring (bicyclic) bond motifs is 1. The maximum Gasteiger partial charge on any atom is 0.115 e. The van der Waals surface area contributed by atoms with E-state index < -0.39 is 0 Å². The van der Waals surface area contributed by atoms with Crippen LogP contribution in [0.4, 0.5) is 0 Å². The third-order valence-corrected chi connectivity index (χ3v) is 7.46. The molecule has 2 aliphatic carbocycles. The van der Waals surface area contributed by atoms with Gasteiger partial charge in [-0.25, -0.2) is 0 Å². The fourth-order valence-electron chi connectivity index (χ4n) is 6.08. The Morgan fingerprint density at radius 2 is 2.04 bits per heavy atom. The highest BCUT2D eigenvalue weighted by Crippen LogP contribution is 2.56. The molecule has 1 saturated carbocycles. The second-order valence-electron chi connectivity index (χ2n) is 8.44. The molecule has 0 spiro atoms. The van der Waals surface area contributed by atoms with Gasteiger partial charge >= 0.3 is 0 Å². The van der Waals surface area contributed by atoms with Gasteiger partial charge in [0.1, 0.15) is 5.75 Å². The van der Waals surface area contributed by atoms with E-state index in [0.29, 0.717) is 17.2 Å². The van der Waals surface area contributed by atoms with Crippen LogP contribution in [0.1, 0.15) is 69.9 Å². The number of phenols is 1. The first-order valence-electron chi connectivity index (χ1n) is 10.4. The van der Waals surface area contributed by atoms with Gasteiger partial charge in [-0.15, -0.1) is 17.0 Å². The summed E-state index contributed by atoms with van der Waals surface area (Å²) in [5.74, 6) is 1.24. The van der Waals surface area contributed by atoms with Crippen molar-refractivity contribution in [3.63, 3.8) is 0 Å². The summed E-state index contributed by atoms with van der Waals surface area (Å²) in [4.78, 5) is 2.77. The number of halogens is 1. The minimum absolute atomic E-state index is 0. The van der Waals surface area contributed by atoms with Crippen LogP contribution >= 0.6 is 17.0 Å². The number of rotatable bonds is 4. The number of nitrogens with zero attached hydrogens (tertiary/aromatic N) is 1. The van der Waals surface area contributed by atoms with Gasteiger partial charge in [-0.3, -0.25) is 4.90 Å². The van der Waals surface area contributed by atoms with Crippen molar-refractivity contribution in [3.05, 3.63) is 41.0 Å². The molecule has 144 valence electrons. The Kier molecular flexibility index (Phi) is 6.18. The predicted octanol–water partition coefficient (Wildman–Crippen LogP) is 5.77. The van der Waals surface area contributed by atoms with Crippen molar-refractivity contribution in [2.24, 2.45) is 5.92 Å². The molecule has 3 aliphatic rings. The molecule has 1 aromatic rings. The quantitative estimate of drug-likeness (QED) is 0.625. The van der Waals surface area contributed by atoms with Gasteiger partial charge in [0.25, 0.3) is 0 Å². The molecule has 0 amide bonds. The summed E-state index contributed by atoms with van der Waals surface area (Å²) in [6, 6.07) is 6.89. The van der Waals surface area contributed by atoms with Crippen LogP contribution in [0.3, 0.4) is 0 Å². The third-order valence-electron chi connectivity index (χ3n) is 7.46. The van der Waals surface area contributed by atoms with E-state index in [-0.39, 0.29) is 17.0 Å². The Labute approximate surface area is 169 Å². The molecule has 4 rings (SSSR count). The molecule has 0 radical (unpaired) electrons. The summed E-state index contributed by atoms with van der Waals surface area (Å²) in [6.45, 7) is 6.90. The van der Waals surface area contributed by atoms with E-state index in [1.807, 2.05) is 6.07 Å². The Balaban J connectivity index is 0.00000196. The molecule has 1 aromatic carbocycles. The Morgan fingerprint density at radius 1 is 1.23 bits per heavy atom. The number of aromatic hydroxyl groups is 1. The van der Waals surface area contributed by atoms with E-state index in [1.54, 1.807) is 5.57 Å². The van der Waals surface area contributed by atoms with Crippen LogP contribution in [-0.4, -0.2) is 29.1 Å². The molecule has 3 heteroatoms. The van der Waals surface area contributed by atoms with Crippen LogP contribution in [-0.2, 0) is 11.8 Å². The largest absolute Gasteiger partial charge is 0.508 e. The fraction of sp³-hybridized carbons (Fsp3) is 0.652. The SMILES string of the molecule is Br.CCC(=CCN1CC[C@]23CCCC[C@H]2[C@@H]1Cc1ccc(O)cc13)CC. The lowest BCUT2D eigenvalue weighted by Gasteiger charge is -2.59. The molecule has 1 heterocycles. The van der Waals surface area contributed by atoms with Crippen LogP contribution < -0.4 is 0 Å². The minimum Gasteiger partial charge on any atom is -0.508 e. The number of hydrogen-bond donors (Lipinski definition) is 1. The van der Waals surface area contributed by atoms with Crippen LogP contribution in [0, 0.1) is 5.92 Å². The first-order chi connectivity index (χ1) is 12.2. The fourth-order valence-corrected chi connectivity index (χ4v) is 6.08. The van der Waals surface area contributed by atoms with Crippen molar-refractivity contribution >= 4 is 17.0 Å². The van der Waals surface area contributed by atoms with Crippen LogP contribution in [0.5, 0.6) is 5.75 Å². The number of piperidine rings is 1. The normalized spacial score (nSPS) is 29.9. The monoisotopic (exact) mass is 419 g/mol. The number of hydrogen-bond acceptors (Lipinski definition) is 2. The molecule has 26 heavy (non-hydrogen) atoms. The zero-order valence-electron chi connectivity index (χ0n) is 16.3. The predicted molar refractivity (Wildman–Crippen MR) is 114 cm³/mol. The highest BCUT2D eigenvalue weighted by atomic mass is 79.9. The Hall–Kier alpha value is -0.800. The van der Waals surface area contributed by atoms with Gasteiger partial charge in [0, 0.05) is 18.0 Å². The molecule has 0 unspecified atom stereocenters. The number of allylic oxidation sites excluding steroid dienone is 1. The molecular formula is C23H34BrNO. The number of likely N-dealkylation sites (tertiary alicyclic amines) is 1. The minimum atomic E-state index is 0. The average molecular weight is 420 g/mol. The van der Waals surface area contributed by atoms with E-state index in [1.165, 1.54) is 69.0 Å². The molecule has 1 saturated heterocycles. The molecule has 2 nitrogen and oxygen atoms in total. The summed E-state index contributed by atoms with van der Waals surface area (Å²) >= 11 is 0. The van der Waals surface area contributed by atoms with Crippen molar-refractivity contribution in [1.29, 1.82) is 0 Å². The average Bonchev–Trinajstić information content (AvgIpc) is 2.64. The van der Waals surface area contributed by atoms with Gasteiger partial charge in [0.2, 0.25) is 0 Å². The van der Waals surface area contributed by atoms with E-state index in [4.69, 9.17) is 0 Å². The standard InChI is InChI=1S/C23H33NO.BrH/c1-3-17(4-2)10-13-24-14-12-23-11-6-5-7-20(23)22(24)15-18-8-9-19(25)16-21(18)23;/h8-10,16,20,22,25H,3-7,11-15H2,1-2H3;1H/t20-,22-,23+;/m0./s1. The lowest BCUT2D eigenvalue weighted by molar-refractivity contribution is -0.00531. The summed E-state index contributed by atoms with van der Waals surface area (Å²) in [5.41, 5.74) is 4.93. The topological polar surface area (TPSA) is 23.5 Å². The van der Waals surface area contributed by atoms with Crippen molar-refractivity contribution < 1.29 is 5.11 Å². The molecule has 3 atom stereocenters. The highest BCUT2D eigenvalue weighted by Gasteiger charge is 2.53. The van der Waals surface area contributed by atoms with Crippen molar-refractivity contribution in [3.8, 4) is 5.75 Å². The summed E-state index contributed by atoms with van der Waals surface area (Å²) in [7, 11) is 0. The Morgan fingerprint density at radius 3 is 2.81 bits per heavy atom. The van der Waals surface area contributed by atoms with E-state index in [0.717, 1.165) is 12.5 Å². The second kappa shape index (κ2) is 8.06. The van der Waals surface area contributed by atoms with Crippen LogP contribution in [0.2, 0.25) is 0 Å². The van der Waals surface area contributed by atoms with Crippen molar-refractivity contribution in [2.75, 3.05) is 13.1 Å². The van der Waals surface area contributed by atoms with E-state index >= 15 is 0 Å². The molecule has 2 fully saturated rings. The Bertz CT molecular complexity index is 664. The zero-order valence-corrected chi connectivity index (χ0v) is 18.1. The molecular weight excluding hydrogens is 386 g/mol. The summed E-state index contributed by atoms with van der Waals surface area (Å²) in [5, 5.41) is 10.1. The lowest BCUT2D eigenvalue weighted by Crippen LogP contribution is -2.60. The summed E-state index contributed by atoms with van der Waals surface area (Å²) < 4.78 is 0. The maximum absolute atomic E-state index is 10.1. The first kappa shape index (κ1) is 19.9. The van der Waals surface area contributed by atoms with Gasteiger partial charge in [0.15, 0.2) is 0 Å². The smallest absolute Gasteiger partial charge is 0.115 e. The van der Waals surface area contributed by atoms with Crippen LogP contribution in [0.25, 0.3) is 0 Å². The number of benzene rings is 1. The van der Waals surface area contributed by atoms with Crippen molar-refractivity contribution in [2.45, 2.75) is 76.7 Å². The van der Waals surface area contributed by atoms with E-state index in [2.05, 4.69) is 37.0 Å².